The molecule has 1 aromatic rings. The van der Waals surface area contributed by atoms with Gasteiger partial charge in [0.05, 0.1) is 0 Å². The first-order valence-electron chi connectivity index (χ1n) is 6.29. The predicted octanol–water partition coefficient (Wildman–Crippen LogP) is 2.10. The van der Waals surface area contributed by atoms with E-state index in [1.54, 1.807) is 12.3 Å². The van der Waals surface area contributed by atoms with Gasteiger partial charge in [0.25, 0.3) is 5.91 Å². The molecule has 0 saturated heterocycles. The second-order valence-electron chi connectivity index (χ2n) is 4.64. The number of aromatic nitrogens is 1. The van der Waals surface area contributed by atoms with Crippen LogP contribution in [0.3, 0.4) is 0 Å². The number of nitrogens with zero attached hydrogens (tertiary/aromatic N) is 1. The Morgan fingerprint density at radius 3 is 2.61 bits per heavy atom. The zero-order valence-corrected chi connectivity index (χ0v) is 12.0. The molecular formula is C13H18BrN3O. The van der Waals surface area contributed by atoms with Gasteiger partial charge in [0, 0.05) is 22.8 Å². The van der Waals surface area contributed by atoms with Crippen molar-refractivity contribution in [1.82, 2.24) is 15.6 Å². The van der Waals surface area contributed by atoms with Crippen molar-refractivity contribution >= 4 is 21.8 Å². The first-order chi connectivity index (χ1) is 8.70. The maximum absolute atomic E-state index is 12.1. The average Bonchev–Trinajstić information content (AvgIpc) is 2.40. The molecule has 1 aromatic heterocycles. The molecule has 0 atom stereocenters. The maximum Gasteiger partial charge on any atom is 0.271 e. The van der Waals surface area contributed by atoms with Crippen molar-refractivity contribution in [1.29, 1.82) is 0 Å². The molecule has 0 spiro atoms. The molecule has 1 aliphatic rings. The summed E-state index contributed by atoms with van der Waals surface area (Å²) in [4.78, 5) is 16.2. The normalized spacial score (nSPS) is 23.7. The van der Waals surface area contributed by atoms with Crippen molar-refractivity contribution in [2.75, 3.05) is 7.05 Å². The highest BCUT2D eigenvalue weighted by atomic mass is 79.9. The molecule has 0 radical (unpaired) electrons. The molecule has 1 amide bonds. The third-order valence-corrected chi connectivity index (χ3v) is 4.08. The highest BCUT2D eigenvalue weighted by Gasteiger charge is 2.22. The quantitative estimate of drug-likeness (QED) is 0.899. The molecule has 1 aliphatic carbocycles. The Kier molecular flexibility index (Phi) is 4.72. The number of nitrogens with one attached hydrogen (secondary N) is 2. The lowest BCUT2D eigenvalue weighted by molar-refractivity contribution is 0.0919. The van der Waals surface area contributed by atoms with Crippen LogP contribution < -0.4 is 10.6 Å². The van der Waals surface area contributed by atoms with Crippen LogP contribution in [0.1, 0.15) is 36.2 Å². The summed E-state index contributed by atoms with van der Waals surface area (Å²) in [5.41, 5.74) is 0.466. The lowest BCUT2D eigenvalue weighted by atomic mass is 9.91. The van der Waals surface area contributed by atoms with Crippen molar-refractivity contribution in [2.45, 2.75) is 37.8 Å². The largest absolute Gasteiger partial charge is 0.348 e. The minimum absolute atomic E-state index is 0.0876. The van der Waals surface area contributed by atoms with Crippen LogP contribution in [0.15, 0.2) is 22.8 Å². The van der Waals surface area contributed by atoms with Crippen LogP contribution in [0.25, 0.3) is 0 Å². The number of amides is 1. The topological polar surface area (TPSA) is 54.0 Å². The first kappa shape index (κ1) is 13.5. The second kappa shape index (κ2) is 6.29. The Hall–Kier alpha value is -0.940. The average molecular weight is 312 g/mol. The lowest BCUT2D eigenvalue weighted by Gasteiger charge is -2.28. The maximum atomic E-state index is 12.1. The summed E-state index contributed by atoms with van der Waals surface area (Å²) in [6.45, 7) is 0. The van der Waals surface area contributed by atoms with Gasteiger partial charge in [0.2, 0.25) is 0 Å². The van der Waals surface area contributed by atoms with Crippen LogP contribution in [0.5, 0.6) is 0 Å². The number of hydrogen-bond acceptors (Lipinski definition) is 3. The Labute approximate surface area is 116 Å². The minimum atomic E-state index is -0.0876. The fourth-order valence-corrected chi connectivity index (χ4v) is 2.77. The zero-order chi connectivity index (χ0) is 13.0. The molecule has 0 unspecified atom stereocenters. The summed E-state index contributed by atoms with van der Waals surface area (Å²) in [5, 5.41) is 6.35. The highest BCUT2D eigenvalue weighted by molar-refractivity contribution is 9.10. The summed E-state index contributed by atoms with van der Waals surface area (Å²) in [6, 6.07) is 4.51. The molecule has 5 heteroatoms. The summed E-state index contributed by atoms with van der Waals surface area (Å²) < 4.78 is 0.742. The van der Waals surface area contributed by atoms with Gasteiger partial charge in [-0.1, -0.05) is 0 Å². The smallest absolute Gasteiger partial charge is 0.271 e. The van der Waals surface area contributed by atoms with E-state index < -0.39 is 0 Å². The molecule has 0 aliphatic heterocycles. The molecule has 2 N–H and O–H groups in total. The Bertz CT molecular complexity index is 416. The highest BCUT2D eigenvalue weighted by Crippen LogP contribution is 2.19. The van der Waals surface area contributed by atoms with E-state index in [1.807, 2.05) is 13.1 Å². The van der Waals surface area contributed by atoms with E-state index in [4.69, 9.17) is 0 Å². The van der Waals surface area contributed by atoms with Gasteiger partial charge >= 0.3 is 0 Å². The Balaban J connectivity index is 1.91. The number of pyridine rings is 1. The number of hydrogen-bond donors (Lipinski definition) is 2. The molecule has 1 heterocycles. The molecule has 98 valence electrons. The summed E-state index contributed by atoms with van der Waals surface area (Å²) in [7, 11) is 1.99. The van der Waals surface area contributed by atoms with Crippen molar-refractivity contribution in [2.24, 2.45) is 0 Å². The van der Waals surface area contributed by atoms with Gasteiger partial charge in [0.1, 0.15) is 5.69 Å². The molecule has 0 aromatic carbocycles. The fraction of sp³-hybridized carbons (Fsp3) is 0.538. The molecule has 4 nitrogen and oxygen atoms in total. The van der Waals surface area contributed by atoms with Crippen molar-refractivity contribution < 1.29 is 4.79 Å². The van der Waals surface area contributed by atoms with Crippen LogP contribution >= 0.6 is 15.9 Å². The van der Waals surface area contributed by atoms with Gasteiger partial charge in [-0.15, -0.1) is 0 Å². The SMILES string of the molecule is CNC1CCC(NC(=O)c2ncccc2Br)CC1. The van der Waals surface area contributed by atoms with Crippen LogP contribution in [0.4, 0.5) is 0 Å². The van der Waals surface area contributed by atoms with E-state index in [9.17, 15) is 4.79 Å². The van der Waals surface area contributed by atoms with Crippen LogP contribution in [0.2, 0.25) is 0 Å². The number of carbonyl (C=O) groups is 1. The van der Waals surface area contributed by atoms with E-state index in [1.165, 1.54) is 0 Å². The standard InChI is InChI=1S/C13H18BrN3O/c1-15-9-4-6-10(7-5-9)17-13(18)12-11(14)3-2-8-16-12/h2-3,8-10,15H,4-7H2,1H3,(H,17,18). The van der Waals surface area contributed by atoms with E-state index in [0.29, 0.717) is 11.7 Å². The molecule has 18 heavy (non-hydrogen) atoms. The van der Waals surface area contributed by atoms with Gasteiger partial charge in [-0.2, -0.15) is 0 Å². The number of halogens is 1. The monoisotopic (exact) mass is 311 g/mol. The third-order valence-electron chi connectivity index (χ3n) is 3.44. The Morgan fingerprint density at radius 2 is 2.00 bits per heavy atom. The molecule has 0 bridgehead atoms. The lowest BCUT2D eigenvalue weighted by Crippen LogP contribution is -2.41. The first-order valence-corrected chi connectivity index (χ1v) is 7.08. The number of carbonyl (C=O) groups excluding carboxylic acids is 1. The molecule has 2 rings (SSSR count). The van der Waals surface area contributed by atoms with Crippen LogP contribution in [-0.2, 0) is 0 Å². The van der Waals surface area contributed by atoms with Crippen LogP contribution in [0, 0.1) is 0 Å². The van der Waals surface area contributed by atoms with Crippen molar-refractivity contribution in [3.8, 4) is 0 Å². The van der Waals surface area contributed by atoms with E-state index in [0.717, 1.165) is 30.2 Å². The molecule has 1 saturated carbocycles. The Morgan fingerprint density at radius 1 is 1.33 bits per heavy atom. The number of rotatable bonds is 3. The summed E-state index contributed by atoms with van der Waals surface area (Å²) in [6.07, 6.45) is 5.93. The second-order valence-corrected chi connectivity index (χ2v) is 5.50. The molecule has 1 fully saturated rings. The minimum Gasteiger partial charge on any atom is -0.348 e. The van der Waals surface area contributed by atoms with E-state index >= 15 is 0 Å². The summed E-state index contributed by atoms with van der Waals surface area (Å²) in [5.74, 6) is -0.0876. The van der Waals surface area contributed by atoms with Gasteiger partial charge in [-0.25, -0.2) is 4.98 Å². The van der Waals surface area contributed by atoms with Gasteiger partial charge in [0.15, 0.2) is 0 Å². The fourth-order valence-electron chi connectivity index (χ4n) is 2.33. The van der Waals surface area contributed by atoms with Gasteiger partial charge in [-0.05, 0) is 60.8 Å². The van der Waals surface area contributed by atoms with Gasteiger partial charge in [-0.3, -0.25) is 4.79 Å². The van der Waals surface area contributed by atoms with Crippen molar-refractivity contribution in [3.05, 3.63) is 28.5 Å². The van der Waals surface area contributed by atoms with Crippen molar-refractivity contribution in [3.63, 3.8) is 0 Å². The predicted molar refractivity (Wildman–Crippen MR) is 74.5 cm³/mol. The molecular weight excluding hydrogens is 294 g/mol. The summed E-state index contributed by atoms with van der Waals surface area (Å²) >= 11 is 3.35. The zero-order valence-electron chi connectivity index (χ0n) is 10.4. The third kappa shape index (κ3) is 3.29. The van der Waals surface area contributed by atoms with Crippen LogP contribution in [-0.4, -0.2) is 30.0 Å². The van der Waals surface area contributed by atoms with E-state index in [-0.39, 0.29) is 11.9 Å². The van der Waals surface area contributed by atoms with E-state index in [2.05, 4.69) is 31.5 Å². The van der Waals surface area contributed by atoms with Gasteiger partial charge < -0.3 is 10.6 Å².